The molecule has 1 aliphatic rings. The van der Waals surface area contributed by atoms with Crippen LogP contribution in [0.25, 0.3) is 0 Å². The fourth-order valence-electron chi connectivity index (χ4n) is 6.29. The number of carbonyl (C=O) groups excluding carboxylic acids is 2. The van der Waals surface area contributed by atoms with Gasteiger partial charge in [-0.1, -0.05) is 139 Å². The lowest BCUT2D eigenvalue weighted by Gasteiger charge is -2.39. The summed E-state index contributed by atoms with van der Waals surface area (Å²) in [5, 5.41) is 40.0. The topological polar surface area (TPSA) is 152 Å². The molecule has 0 spiro atoms. The van der Waals surface area contributed by atoms with Crippen molar-refractivity contribution >= 4 is 11.9 Å². The zero-order chi connectivity index (χ0) is 41.6. The second-order valence-electron chi connectivity index (χ2n) is 15.1. The molecule has 0 amide bonds. The van der Waals surface area contributed by atoms with Crippen LogP contribution in [0.1, 0.15) is 168 Å². The quantitative estimate of drug-likeness (QED) is 0.0274. The number of allylic oxidation sites excluding steroid dienone is 10. The van der Waals surface area contributed by atoms with E-state index in [4.69, 9.17) is 18.9 Å². The van der Waals surface area contributed by atoms with Gasteiger partial charge in [-0.25, -0.2) is 0 Å². The summed E-state index contributed by atoms with van der Waals surface area (Å²) in [6.07, 6.45) is 38.0. The van der Waals surface area contributed by atoms with Crippen molar-refractivity contribution in [1.29, 1.82) is 0 Å². The highest BCUT2D eigenvalue weighted by molar-refractivity contribution is 5.70. The highest BCUT2D eigenvalue weighted by Gasteiger charge is 2.44. The summed E-state index contributed by atoms with van der Waals surface area (Å²) in [6, 6.07) is 0. The van der Waals surface area contributed by atoms with Crippen molar-refractivity contribution < 1.29 is 49.0 Å². The summed E-state index contributed by atoms with van der Waals surface area (Å²) in [7, 11) is 0. The molecule has 0 aromatic heterocycles. The molecule has 0 aromatic rings. The lowest BCUT2D eigenvalue weighted by atomic mass is 9.99. The number of unbranched alkanes of at least 4 members (excludes halogenated alkanes) is 15. The van der Waals surface area contributed by atoms with Crippen molar-refractivity contribution in [3.8, 4) is 0 Å². The molecule has 10 heteroatoms. The smallest absolute Gasteiger partial charge is 0.306 e. The zero-order valence-corrected chi connectivity index (χ0v) is 35.6. The van der Waals surface area contributed by atoms with Gasteiger partial charge < -0.3 is 39.4 Å². The molecule has 0 aromatic carbocycles. The number of hydrogen-bond donors (Lipinski definition) is 4. The largest absolute Gasteiger partial charge is 0.462 e. The maximum Gasteiger partial charge on any atom is 0.306 e. The average molecular weight is 805 g/mol. The number of ether oxygens (including phenoxy) is 4. The van der Waals surface area contributed by atoms with E-state index in [0.29, 0.717) is 19.3 Å². The average Bonchev–Trinajstić information content (AvgIpc) is 3.21. The summed E-state index contributed by atoms with van der Waals surface area (Å²) in [5.74, 6) is -0.894. The van der Waals surface area contributed by atoms with Crippen LogP contribution in [0.15, 0.2) is 60.8 Å². The van der Waals surface area contributed by atoms with Crippen LogP contribution in [-0.4, -0.2) is 89.0 Å². The molecule has 10 nitrogen and oxygen atoms in total. The van der Waals surface area contributed by atoms with E-state index in [1.165, 1.54) is 70.6 Å². The Morgan fingerprint density at radius 2 is 1.00 bits per heavy atom. The minimum absolute atomic E-state index is 0.149. The van der Waals surface area contributed by atoms with Crippen molar-refractivity contribution in [3.63, 3.8) is 0 Å². The standard InChI is InChI=1S/C47H80O10/c1-3-5-7-9-11-13-15-17-19-20-22-24-26-28-30-32-34-36-43(50)56-40(39-55-47-46(53)45(52)44(51)41(37-48)57-47)38-54-42(49)35-33-31-29-27-25-23-21-18-16-14-12-10-8-6-4-2/h11,13,17,19,22-25,28,30,40-41,44-48,51-53H,3-10,12,14-16,18,20-21,26-27,29,31-39H2,1-2H3/b13-11+,19-17+,24-22+,25-23+,30-28+/t40-,41-,44+,45?,46?,47-/m1/s1. The Balaban J connectivity index is 2.40. The van der Waals surface area contributed by atoms with Gasteiger partial charge in [0.25, 0.3) is 0 Å². The summed E-state index contributed by atoms with van der Waals surface area (Å²) in [5.41, 5.74) is 0. The maximum absolute atomic E-state index is 12.7. The van der Waals surface area contributed by atoms with Crippen molar-refractivity contribution in [1.82, 2.24) is 0 Å². The molecule has 328 valence electrons. The number of hydrogen-bond acceptors (Lipinski definition) is 10. The number of rotatable bonds is 36. The lowest BCUT2D eigenvalue weighted by molar-refractivity contribution is -0.305. The Bertz CT molecular complexity index is 1110. The van der Waals surface area contributed by atoms with Gasteiger partial charge in [-0.2, -0.15) is 0 Å². The molecule has 0 aliphatic carbocycles. The van der Waals surface area contributed by atoms with E-state index >= 15 is 0 Å². The van der Waals surface area contributed by atoms with Crippen LogP contribution in [0.5, 0.6) is 0 Å². The molecule has 0 bridgehead atoms. The molecule has 4 N–H and O–H groups in total. The normalized spacial score (nSPS) is 20.8. The first-order valence-electron chi connectivity index (χ1n) is 22.4. The highest BCUT2D eigenvalue weighted by atomic mass is 16.7. The van der Waals surface area contributed by atoms with Crippen LogP contribution in [-0.2, 0) is 28.5 Å². The first-order chi connectivity index (χ1) is 27.8. The van der Waals surface area contributed by atoms with Gasteiger partial charge in [-0.3, -0.25) is 9.59 Å². The van der Waals surface area contributed by atoms with Gasteiger partial charge in [0, 0.05) is 12.8 Å². The van der Waals surface area contributed by atoms with Crippen molar-refractivity contribution in [2.45, 2.75) is 205 Å². The Labute approximate surface area is 345 Å². The van der Waals surface area contributed by atoms with Gasteiger partial charge in [0.1, 0.15) is 31.0 Å². The predicted octanol–water partition coefficient (Wildman–Crippen LogP) is 9.44. The zero-order valence-electron chi connectivity index (χ0n) is 35.6. The molecule has 1 fully saturated rings. The van der Waals surface area contributed by atoms with E-state index in [9.17, 15) is 30.0 Å². The Kier molecular flexibility index (Phi) is 34.6. The summed E-state index contributed by atoms with van der Waals surface area (Å²) in [6.45, 7) is 3.31. The molecule has 57 heavy (non-hydrogen) atoms. The number of carbonyl (C=O) groups is 2. The van der Waals surface area contributed by atoms with Gasteiger partial charge >= 0.3 is 11.9 Å². The molecule has 0 radical (unpaired) electrons. The van der Waals surface area contributed by atoms with Crippen LogP contribution in [0, 0.1) is 0 Å². The van der Waals surface area contributed by atoms with Crippen LogP contribution >= 0.6 is 0 Å². The Hall–Kier alpha value is -2.60. The van der Waals surface area contributed by atoms with Crippen LogP contribution < -0.4 is 0 Å². The fourth-order valence-corrected chi connectivity index (χ4v) is 6.29. The van der Waals surface area contributed by atoms with Gasteiger partial charge in [0.2, 0.25) is 0 Å². The van der Waals surface area contributed by atoms with Crippen molar-refractivity contribution in [2.24, 2.45) is 0 Å². The molecule has 1 saturated heterocycles. The summed E-state index contributed by atoms with van der Waals surface area (Å²) in [4.78, 5) is 25.3. The predicted molar refractivity (Wildman–Crippen MR) is 228 cm³/mol. The van der Waals surface area contributed by atoms with Crippen LogP contribution in [0.2, 0.25) is 0 Å². The van der Waals surface area contributed by atoms with E-state index in [1.807, 2.05) is 6.08 Å². The monoisotopic (exact) mass is 805 g/mol. The molecule has 1 heterocycles. The second-order valence-corrected chi connectivity index (χ2v) is 15.1. The minimum Gasteiger partial charge on any atom is -0.462 e. The molecule has 0 saturated carbocycles. The van der Waals surface area contributed by atoms with Gasteiger partial charge in [0.05, 0.1) is 13.2 Å². The van der Waals surface area contributed by atoms with Crippen molar-refractivity contribution in [3.05, 3.63) is 60.8 Å². The molecular weight excluding hydrogens is 725 g/mol. The van der Waals surface area contributed by atoms with Gasteiger partial charge in [0.15, 0.2) is 12.4 Å². The summed E-state index contributed by atoms with van der Waals surface area (Å²) < 4.78 is 22.1. The first-order valence-corrected chi connectivity index (χ1v) is 22.4. The molecular formula is C47H80O10. The Morgan fingerprint density at radius 1 is 0.544 bits per heavy atom. The van der Waals surface area contributed by atoms with E-state index in [1.54, 1.807) is 0 Å². The van der Waals surface area contributed by atoms with E-state index in [-0.39, 0.29) is 26.1 Å². The third kappa shape index (κ3) is 29.3. The van der Waals surface area contributed by atoms with Gasteiger partial charge in [-0.05, 0) is 77.0 Å². The maximum atomic E-state index is 12.7. The second kappa shape index (κ2) is 37.7. The Morgan fingerprint density at radius 3 is 1.58 bits per heavy atom. The van der Waals surface area contributed by atoms with Crippen LogP contribution in [0.3, 0.4) is 0 Å². The molecule has 1 aliphatic heterocycles. The van der Waals surface area contributed by atoms with E-state index < -0.39 is 55.4 Å². The third-order valence-corrected chi connectivity index (χ3v) is 9.88. The summed E-state index contributed by atoms with van der Waals surface area (Å²) >= 11 is 0. The third-order valence-electron chi connectivity index (χ3n) is 9.88. The number of aliphatic hydroxyl groups is 4. The van der Waals surface area contributed by atoms with Crippen molar-refractivity contribution in [2.75, 3.05) is 19.8 Å². The molecule has 6 atom stereocenters. The van der Waals surface area contributed by atoms with E-state index in [0.717, 1.165) is 51.4 Å². The molecule has 1 rings (SSSR count). The number of esters is 2. The highest BCUT2D eigenvalue weighted by Crippen LogP contribution is 2.22. The van der Waals surface area contributed by atoms with Gasteiger partial charge in [-0.15, -0.1) is 0 Å². The minimum atomic E-state index is -1.61. The molecule has 2 unspecified atom stereocenters. The van der Waals surface area contributed by atoms with E-state index in [2.05, 4.69) is 68.5 Å². The number of aliphatic hydroxyl groups excluding tert-OH is 4. The lowest BCUT2D eigenvalue weighted by Crippen LogP contribution is -2.59. The fraction of sp³-hybridized carbons (Fsp3) is 0.745. The first kappa shape index (κ1) is 52.4. The SMILES string of the molecule is CCCCC/C=C/C/C=C/C/C=C/C/C=C/CCCC(=O)O[C@H](COC(=O)CCCCC/C=C/CCCCCCCCCC)CO[C@@H]1O[C@H](CO)[C@H](O)C(O)C1O. The van der Waals surface area contributed by atoms with Crippen LogP contribution in [0.4, 0.5) is 0 Å².